The molecule has 0 saturated carbocycles. The molecule has 0 bridgehead atoms. The summed E-state index contributed by atoms with van der Waals surface area (Å²) < 4.78 is 19.1. The van der Waals surface area contributed by atoms with Gasteiger partial charge in [-0.1, -0.05) is 0 Å². The molecule has 76 valence electrons. The minimum Gasteiger partial charge on any atom is -0.478 e. The molecule has 4 nitrogen and oxygen atoms in total. The summed E-state index contributed by atoms with van der Waals surface area (Å²) in [5.41, 5.74) is 0.936. The van der Waals surface area contributed by atoms with Gasteiger partial charge in [-0.3, -0.25) is 9.11 Å². The summed E-state index contributed by atoms with van der Waals surface area (Å²) in [4.78, 5) is 11.1. The van der Waals surface area contributed by atoms with Crippen LogP contribution in [0.15, 0.2) is 23.1 Å². The Bertz CT molecular complexity index is 400. The lowest BCUT2D eigenvalue weighted by Gasteiger charge is -2.27. The van der Waals surface area contributed by atoms with Crippen molar-refractivity contribution in [2.24, 2.45) is 0 Å². The van der Waals surface area contributed by atoms with Gasteiger partial charge in [0.2, 0.25) is 0 Å². The van der Waals surface area contributed by atoms with Crippen LogP contribution in [0.3, 0.4) is 0 Å². The fraction of sp³-hybridized carbons (Fsp3) is 0.222. The molecule has 14 heavy (non-hydrogen) atoms. The van der Waals surface area contributed by atoms with Crippen molar-refractivity contribution < 1.29 is 19.0 Å². The first-order valence-electron chi connectivity index (χ1n) is 4.13. The van der Waals surface area contributed by atoms with E-state index in [4.69, 9.17) is 5.11 Å². The highest BCUT2D eigenvalue weighted by Crippen LogP contribution is 2.54. The monoisotopic (exact) mass is 214 g/mol. The molecule has 0 spiro atoms. The van der Waals surface area contributed by atoms with Crippen molar-refractivity contribution in [3.8, 4) is 0 Å². The lowest BCUT2D eigenvalue weighted by atomic mass is 10.1. The number of fused-ring (bicyclic) bond motifs is 1. The van der Waals surface area contributed by atoms with Crippen LogP contribution >= 0.6 is 10.6 Å². The molecule has 1 aliphatic heterocycles. The Morgan fingerprint density at radius 3 is 2.71 bits per heavy atom. The van der Waals surface area contributed by atoms with Crippen molar-refractivity contribution in [3.63, 3.8) is 0 Å². The average molecular weight is 214 g/mol. The lowest BCUT2D eigenvalue weighted by Crippen LogP contribution is -1.98. The van der Waals surface area contributed by atoms with Gasteiger partial charge in [-0.2, -0.15) is 10.6 Å². The molecule has 0 aromatic heterocycles. The van der Waals surface area contributed by atoms with Crippen LogP contribution in [0.5, 0.6) is 0 Å². The van der Waals surface area contributed by atoms with Crippen molar-refractivity contribution in [1.29, 1.82) is 0 Å². The number of carboxylic acids is 1. The first-order chi connectivity index (χ1) is 6.50. The number of aryl methyl sites for hydroxylation is 1. The molecule has 0 atom stereocenters. The number of rotatable bonds is 1. The van der Waals surface area contributed by atoms with Gasteiger partial charge in [0.25, 0.3) is 0 Å². The number of aromatic carboxylic acids is 1. The van der Waals surface area contributed by atoms with Crippen LogP contribution in [0.2, 0.25) is 0 Å². The molecule has 0 saturated heterocycles. The molecule has 0 aliphatic carbocycles. The molecule has 0 unspecified atom stereocenters. The standard InChI is InChI=1S/C9H10O4S/c10-9(11)7-1-2-8-6(5-7)3-4-14(8,12)13/h1-2,5,12-13H,3-4H2,(H,10,11). The van der Waals surface area contributed by atoms with Gasteiger partial charge < -0.3 is 5.11 Å². The molecular weight excluding hydrogens is 204 g/mol. The summed E-state index contributed by atoms with van der Waals surface area (Å²) in [6, 6.07) is 4.42. The van der Waals surface area contributed by atoms with Crippen LogP contribution in [0.4, 0.5) is 0 Å². The number of carboxylic acid groups (broad SMARTS) is 1. The van der Waals surface area contributed by atoms with Gasteiger partial charge in [0.1, 0.15) is 0 Å². The van der Waals surface area contributed by atoms with Crippen LogP contribution in [-0.2, 0) is 6.42 Å². The predicted octanol–water partition coefficient (Wildman–Crippen LogP) is 2.05. The summed E-state index contributed by atoms with van der Waals surface area (Å²) in [7, 11) is -2.64. The average Bonchev–Trinajstić information content (AvgIpc) is 2.42. The van der Waals surface area contributed by atoms with Crippen LogP contribution < -0.4 is 0 Å². The quantitative estimate of drug-likeness (QED) is 0.668. The minimum atomic E-state index is -2.64. The van der Waals surface area contributed by atoms with Crippen molar-refractivity contribution in [2.45, 2.75) is 11.3 Å². The van der Waals surface area contributed by atoms with E-state index >= 15 is 0 Å². The van der Waals surface area contributed by atoms with Crippen molar-refractivity contribution in [1.82, 2.24) is 0 Å². The molecule has 5 heteroatoms. The van der Waals surface area contributed by atoms with E-state index in [0.29, 0.717) is 17.1 Å². The minimum absolute atomic E-state index is 0.195. The Kier molecular flexibility index (Phi) is 2.02. The molecule has 1 aromatic carbocycles. The zero-order valence-corrected chi connectivity index (χ0v) is 8.12. The summed E-state index contributed by atoms with van der Waals surface area (Å²) in [5, 5.41) is 8.73. The van der Waals surface area contributed by atoms with Crippen LogP contribution in [0.1, 0.15) is 15.9 Å². The normalized spacial score (nSPS) is 20.1. The second kappa shape index (κ2) is 2.98. The summed E-state index contributed by atoms with van der Waals surface area (Å²) in [6.07, 6.45) is 0.540. The highest BCUT2D eigenvalue weighted by atomic mass is 32.3. The third-order valence-corrected chi connectivity index (χ3v) is 4.19. The Morgan fingerprint density at radius 2 is 2.07 bits per heavy atom. The number of carbonyl (C=O) groups is 1. The molecule has 1 aromatic rings. The van der Waals surface area contributed by atoms with E-state index in [9.17, 15) is 13.9 Å². The number of benzene rings is 1. The van der Waals surface area contributed by atoms with Crippen molar-refractivity contribution >= 4 is 16.6 Å². The van der Waals surface area contributed by atoms with Gasteiger partial charge in [0.05, 0.1) is 10.5 Å². The smallest absolute Gasteiger partial charge is 0.335 e. The second-order valence-corrected chi connectivity index (χ2v) is 5.43. The van der Waals surface area contributed by atoms with Gasteiger partial charge in [-0.05, 0) is 30.2 Å². The Labute approximate surface area is 82.5 Å². The molecular formula is C9H10O4S. The molecule has 0 fully saturated rings. The molecule has 0 radical (unpaired) electrons. The van der Waals surface area contributed by atoms with E-state index in [1.165, 1.54) is 18.2 Å². The highest BCUT2D eigenvalue weighted by molar-refractivity contribution is 8.24. The molecule has 1 aliphatic rings. The maximum absolute atomic E-state index is 10.6. The van der Waals surface area contributed by atoms with Gasteiger partial charge in [0, 0.05) is 5.75 Å². The van der Waals surface area contributed by atoms with E-state index in [1.807, 2.05) is 0 Å². The van der Waals surface area contributed by atoms with E-state index in [2.05, 4.69) is 0 Å². The molecule has 2 rings (SSSR count). The van der Waals surface area contributed by atoms with E-state index in [0.717, 1.165) is 5.56 Å². The van der Waals surface area contributed by atoms with Gasteiger partial charge >= 0.3 is 5.97 Å². The summed E-state index contributed by atoms with van der Waals surface area (Å²) in [5.74, 6) is -0.679. The zero-order valence-electron chi connectivity index (χ0n) is 7.30. The highest BCUT2D eigenvalue weighted by Gasteiger charge is 2.27. The van der Waals surface area contributed by atoms with E-state index < -0.39 is 16.6 Å². The number of hydrogen-bond acceptors (Lipinski definition) is 3. The van der Waals surface area contributed by atoms with Crippen LogP contribution in [0, 0.1) is 0 Å². The predicted molar refractivity (Wildman–Crippen MR) is 53.1 cm³/mol. The largest absolute Gasteiger partial charge is 0.478 e. The second-order valence-electron chi connectivity index (χ2n) is 3.25. The molecule has 3 N–H and O–H groups in total. The maximum atomic E-state index is 10.6. The Balaban J connectivity index is 2.49. The first kappa shape index (κ1) is 9.51. The van der Waals surface area contributed by atoms with Crippen molar-refractivity contribution in [3.05, 3.63) is 29.3 Å². The van der Waals surface area contributed by atoms with Gasteiger partial charge in [-0.25, -0.2) is 4.79 Å². The molecule has 0 amide bonds. The van der Waals surface area contributed by atoms with E-state index in [1.54, 1.807) is 0 Å². The fourth-order valence-electron chi connectivity index (χ4n) is 1.59. The number of hydrogen-bond donors (Lipinski definition) is 3. The molecule has 1 heterocycles. The van der Waals surface area contributed by atoms with Crippen LogP contribution in [-0.4, -0.2) is 25.9 Å². The summed E-state index contributed by atoms with van der Waals surface area (Å²) >= 11 is 0. The SMILES string of the molecule is O=C(O)c1ccc2c(c1)CCS2(O)O. The zero-order chi connectivity index (χ0) is 10.3. The Hall–Kier alpha value is -1.04. The summed E-state index contributed by atoms with van der Waals surface area (Å²) in [6.45, 7) is 0. The third-order valence-electron chi connectivity index (χ3n) is 2.32. The van der Waals surface area contributed by atoms with Gasteiger partial charge in [-0.15, -0.1) is 0 Å². The first-order valence-corrected chi connectivity index (χ1v) is 5.84. The Morgan fingerprint density at radius 1 is 1.36 bits per heavy atom. The van der Waals surface area contributed by atoms with Crippen molar-refractivity contribution in [2.75, 3.05) is 5.75 Å². The van der Waals surface area contributed by atoms with Gasteiger partial charge in [0.15, 0.2) is 0 Å². The van der Waals surface area contributed by atoms with E-state index in [-0.39, 0.29) is 5.56 Å². The fourth-order valence-corrected chi connectivity index (χ4v) is 3.18. The van der Waals surface area contributed by atoms with Crippen LogP contribution in [0.25, 0.3) is 0 Å². The topological polar surface area (TPSA) is 77.8 Å². The maximum Gasteiger partial charge on any atom is 0.335 e. The lowest BCUT2D eigenvalue weighted by molar-refractivity contribution is 0.0696. The third kappa shape index (κ3) is 1.39.